The maximum atomic E-state index is 11.5. The Labute approximate surface area is 141 Å². The molecule has 1 aromatic rings. The molecule has 0 aliphatic rings. The standard InChI is InChI=1S/C16H23ClN2O4/c1-6-7-22-14-12(17)8-11(9-13(14)21-5)10-18-19-15(20)23-16(2,3)4/h8-10H,6-7H2,1-5H3,(H,19,20)/b18-10-. The number of amides is 1. The van der Waals surface area contributed by atoms with E-state index in [0.29, 0.717) is 28.7 Å². The third-order valence-corrected chi connectivity index (χ3v) is 2.75. The first-order chi connectivity index (χ1) is 10.8. The highest BCUT2D eigenvalue weighted by atomic mass is 35.5. The first-order valence-electron chi connectivity index (χ1n) is 7.29. The van der Waals surface area contributed by atoms with Gasteiger partial charge >= 0.3 is 6.09 Å². The number of ether oxygens (including phenoxy) is 3. The number of carbonyl (C=O) groups is 1. The van der Waals surface area contributed by atoms with Gasteiger partial charge in [-0.05, 0) is 44.9 Å². The smallest absolute Gasteiger partial charge is 0.428 e. The predicted octanol–water partition coefficient (Wildman–Crippen LogP) is 4.00. The van der Waals surface area contributed by atoms with Crippen molar-refractivity contribution in [2.24, 2.45) is 5.10 Å². The molecule has 0 heterocycles. The highest BCUT2D eigenvalue weighted by molar-refractivity contribution is 6.32. The number of nitrogens with zero attached hydrogens (tertiary/aromatic N) is 1. The molecule has 128 valence electrons. The molecule has 6 nitrogen and oxygen atoms in total. The molecule has 0 fully saturated rings. The van der Waals surface area contributed by atoms with Crippen molar-refractivity contribution in [3.05, 3.63) is 22.7 Å². The van der Waals surface area contributed by atoms with Crippen molar-refractivity contribution in [1.29, 1.82) is 0 Å². The van der Waals surface area contributed by atoms with E-state index in [1.807, 2.05) is 6.92 Å². The Morgan fingerprint density at radius 2 is 2.09 bits per heavy atom. The molecule has 0 bridgehead atoms. The van der Waals surface area contributed by atoms with Crippen LogP contribution in [0.15, 0.2) is 17.2 Å². The van der Waals surface area contributed by atoms with Crippen LogP contribution in [0.3, 0.4) is 0 Å². The van der Waals surface area contributed by atoms with Gasteiger partial charge in [0.1, 0.15) is 5.60 Å². The molecule has 0 saturated carbocycles. The molecule has 0 aromatic heterocycles. The van der Waals surface area contributed by atoms with E-state index in [9.17, 15) is 4.79 Å². The van der Waals surface area contributed by atoms with Crippen molar-refractivity contribution >= 4 is 23.9 Å². The summed E-state index contributed by atoms with van der Waals surface area (Å²) in [5, 5.41) is 4.24. The van der Waals surface area contributed by atoms with Gasteiger partial charge in [-0.3, -0.25) is 0 Å². The van der Waals surface area contributed by atoms with Crippen LogP contribution in [0.1, 0.15) is 39.7 Å². The lowest BCUT2D eigenvalue weighted by molar-refractivity contribution is 0.0529. The van der Waals surface area contributed by atoms with Crippen molar-refractivity contribution in [2.45, 2.75) is 39.7 Å². The Hall–Kier alpha value is -1.95. The minimum Gasteiger partial charge on any atom is -0.493 e. The summed E-state index contributed by atoms with van der Waals surface area (Å²) in [5.74, 6) is 0.998. The summed E-state index contributed by atoms with van der Waals surface area (Å²) in [7, 11) is 1.53. The lowest BCUT2D eigenvalue weighted by Gasteiger charge is -2.18. The Morgan fingerprint density at radius 1 is 1.39 bits per heavy atom. The summed E-state index contributed by atoms with van der Waals surface area (Å²) in [6.07, 6.45) is 1.68. The Kier molecular flexibility index (Phi) is 7.16. The fraction of sp³-hybridized carbons (Fsp3) is 0.500. The average molecular weight is 343 g/mol. The maximum absolute atomic E-state index is 11.5. The second-order valence-electron chi connectivity index (χ2n) is 5.75. The number of hydrogen-bond acceptors (Lipinski definition) is 5. The van der Waals surface area contributed by atoms with Crippen LogP contribution >= 0.6 is 11.6 Å². The first-order valence-corrected chi connectivity index (χ1v) is 7.67. The van der Waals surface area contributed by atoms with E-state index in [-0.39, 0.29) is 0 Å². The van der Waals surface area contributed by atoms with Gasteiger partial charge in [0, 0.05) is 0 Å². The lowest BCUT2D eigenvalue weighted by atomic mass is 10.2. The molecule has 0 atom stereocenters. The van der Waals surface area contributed by atoms with Gasteiger partial charge in [-0.1, -0.05) is 18.5 Å². The Balaban J connectivity index is 2.79. The average Bonchev–Trinajstić information content (AvgIpc) is 2.43. The number of methoxy groups -OCH3 is 1. The molecule has 23 heavy (non-hydrogen) atoms. The van der Waals surface area contributed by atoms with Crippen LogP contribution in [0, 0.1) is 0 Å². The van der Waals surface area contributed by atoms with Gasteiger partial charge in [-0.25, -0.2) is 10.2 Å². The molecule has 1 aromatic carbocycles. The number of nitrogens with one attached hydrogen (secondary N) is 1. The van der Waals surface area contributed by atoms with Crippen LogP contribution in [0.5, 0.6) is 11.5 Å². The quantitative estimate of drug-likeness (QED) is 0.626. The third-order valence-electron chi connectivity index (χ3n) is 2.47. The van der Waals surface area contributed by atoms with Gasteiger partial charge in [-0.2, -0.15) is 5.10 Å². The summed E-state index contributed by atoms with van der Waals surface area (Å²) in [4.78, 5) is 11.5. The monoisotopic (exact) mass is 342 g/mol. The minimum absolute atomic E-state index is 0.413. The zero-order valence-electron chi connectivity index (χ0n) is 14.1. The second kappa shape index (κ2) is 8.62. The largest absolute Gasteiger partial charge is 0.493 e. The van der Waals surface area contributed by atoms with Crippen molar-refractivity contribution in [3.8, 4) is 11.5 Å². The predicted molar refractivity (Wildman–Crippen MR) is 90.8 cm³/mol. The van der Waals surface area contributed by atoms with Gasteiger partial charge in [0.15, 0.2) is 11.5 Å². The normalized spacial score (nSPS) is 11.4. The number of halogens is 1. The molecule has 1 N–H and O–H groups in total. The second-order valence-corrected chi connectivity index (χ2v) is 6.16. The van der Waals surface area contributed by atoms with Crippen molar-refractivity contribution in [1.82, 2.24) is 5.43 Å². The topological polar surface area (TPSA) is 69.2 Å². The molecule has 0 saturated heterocycles. The van der Waals surface area contributed by atoms with Crippen LogP contribution in [-0.2, 0) is 4.74 Å². The Bertz CT molecular complexity index is 568. The van der Waals surface area contributed by atoms with E-state index in [2.05, 4.69) is 10.5 Å². The molecule has 0 radical (unpaired) electrons. The van der Waals surface area contributed by atoms with Gasteiger partial charge in [-0.15, -0.1) is 0 Å². The molecule has 1 rings (SSSR count). The van der Waals surface area contributed by atoms with Crippen LogP contribution in [0.4, 0.5) is 4.79 Å². The van der Waals surface area contributed by atoms with Gasteiger partial charge in [0.05, 0.1) is 25.0 Å². The third kappa shape index (κ3) is 6.78. The van der Waals surface area contributed by atoms with Gasteiger partial charge < -0.3 is 14.2 Å². The summed E-state index contributed by atoms with van der Waals surface area (Å²) in [6, 6.07) is 3.40. The first kappa shape index (κ1) is 19.1. The number of benzene rings is 1. The van der Waals surface area contributed by atoms with Crippen molar-refractivity contribution < 1.29 is 19.0 Å². The van der Waals surface area contributed by atoms with E-state index < -0.39 is 11.7 Å². The summed E-state index contributed by atoms with van der Waals surface area (Å²) < 4.78 is 15.9. The van der Waals surface area contributed by atoms with Gasteiger partial charge in [0.25, 0.3) is 0 Å². The maximum Gasteiger partial charge on any atom is 0.428 e. The molecule has 0 aliphatic carbocycles. The summed E-state index contributed by atoms with van der Waals surface area (Å²) in [6.45, 7) is 7.87. The van der Waals surface area contributed by atoms with Crippen LogP contribution in [-0.4, -0.2) is 31.6 Å². The number of carbonyl (C=O) groups excluding carboxylic acids is 1. The zero-order chi connectivity index (χ0) is 17.5. The molecule has 0 unspecified atom stereocenters. The molecule has 7 heteroatoms. The Morgan fingerprint density at radius 3 is 2.65 bits per heavy atom. The van der Waals surface area contributed by atoms with Crippen LogP contribution < -0.4 is 14.9 Å². The summed E-state index contributed by atoms with van der Waals surface area (Å²) in [5.41, 5.74) is 2.37. The van der Waals surface area contributed by atoms with E-state index in [1.54, 1.807) is 32.9 Å². The van der Waals surface area contributed by atoms with E-state index in [4.69, 9.17) is 25.8 Å². The van der Waals surface area contributed by atoms with Crippen LogP contribution in [0.25, 0.3) is 0 Å². The van der Waals surface area contributed by atoms with Gasteiger partial charge in [0.2, 0.25) is 0 Å². The van der Waals surface area contributed by atoms with Crippen molar-refractivity contribution in [3.63, 3.8) is 0 Å². The van der Waals surface area contributed by atoms with Crippen LogP contribution in [0.2, 0.25) is 5.02 Å². The highest BCUT2D eigenvalue weighted by Gasteiger charge is 2.15. The fourth-order valence-electron chi connectivity index (χ4n) is 1.62. The number of hydrogen-bond donors (Lipinski definition) is 1. The lowest BCUT2D eigenvalue weighted by Crippen LogP contribution is -2.29. The van der Waals surface area contributed by atoms with E-state index in [1.165, 1.54) is 13.3 Å². The number of hydrazone groups is 1. The minimum atomic E-state index is -0.630. The molecular weight excluding hydrogens is 320 g/mol. The number of rotatable bonds is 6. The van der Waals surface area contributed by atoms with E-state index in [0.717, 1.165) is 6.42 Å². The fourth-order valence-corrected chi connectivity index (χ4v) is 1.89. The molecule has 0 aliphatic heterocycles. The van der Waals surface area contributed by atoms with E-state index >= 15 is 0 Å². The highest BCUT2D eigenvalue weighted by Crippen LogP contribution is 2.36. The zero-order valence-corrected chi connectivity index (χ0v) is 14.9. The van der Waals surface area contributed by atoms with Crippen molar-refractivity contribution in [2.75, 3.05) is 13.7 Å². The molecule has 0 spiro atoms. The summed E-state index contributed by atoms with van der Waals surface area (Å²) >= 11 is 6.20. The molecule has 1 amide bonds. The SMILES string of the molecule is CCCOc1c(Cl)cc(/C=N\NC(=O)OC(C)(C)C)cc1OC. The molecular formula is C16H23ClN2O4.